The van der Waals surface area contributed by atoms with Gasteiger partial charge in [-0.1, -0.05) is 0 Å². The van der Waals surface area contributed by atoms with Gasteiger partial charge in [0.05, 0.1) is 25.3 Å². The fourth-order valence-electron chi connectivity index (χ4n) is 2.65. The van der Waals surface area contributed by atoms with Gasteiger partial charge in [-0.2, -0.15) is 0 Å². The summed E-state index contributed by atoms with van der Waals surface area (Å²) in [5.74, 6) is -3.86. The topological polar surface area (TPSA) is 157 Å². The van der Waals surface area contributed by atoms with Gasteiger partial charge in [0.2, 0.25) is 0 Å². The van der Waals surface area contributed by atoms with Crippen molar-refractivity contribution >= 4 is 41.4 Å². The fourth-order valence-corrected chi connectivity index (χ4v) is 2.65. The average molecular weight is 435 g/mol. The summed E-state index contributed by atoms with van der Waals surface area (Å²) in [4.78, 5) is 72.1. The van der Waals surface area contributed by atoms with Gasteiger partial charge in [0.25, 0.3) is 11.8 Å². The van der Waals surface area contributed by atoms with Crippen LogP contribution in [-0.2, 0) is 28.6 Å². The number of carbonyl (C=O) groups excluding carboxylic acids is 6. The van der Waals surface area contributed by atoms with Crippen molar-refractivity contribution in [2.45, 2.75) is 19.4 Å². The lowest BCUT2D eigenvalue weighted by atomic mass is 10.1. The van der Waals surface area contributed by atoms with Gasteiger partial charge in [-0.05, 0) is 32.0 Å². The second kappa shape index (κ2) is 9.24. The van der Waals surface area contributed by atoms with E-state index in [0.717, 1.165) is 14.2 Å². The van der Waals surface area contributed by atoms with Crippen LogP contribution in [0, 0.1) is 0 Å². The highest BCUT2D eigenvalue weighted by atomic mass is 16.5. The third-order valence-corrected chi connectivity index (χ3v) is 4.15. The normalized spacial score (nSPS) is 14.5. The number of imide groups is 1. The van der Waals surface area contributed by atoms with E-state index in [1.165, 1.54) is 32.0 Å². The third-order valence-electron chi connectivity index (χ3n) is 4.15. The second-order valence-corrected chi connectivity index (χ2v) is 6.94. The van der Waals surface area contributed by atoms with Crippen LogP contribution in [-0.4, -0.2) is 73.6 Å². The second-order valence-electron chi connectivity index (χ2n) is 6.94. The molecule has 1 aliphatic rings. The minimum Gasteiger partial charge on any atom is -0.465 e. The zero-order valence-electron chi connectivity index (χ0n) is 17.3. The van der Waals surface area contributed by atoms with E-state index >= 15 is 0 Å². The number of nitrogens with one attached hydrogen (secondary N) is 2. The van der Waals surface area contributed by atoms with Gasteiger partial charge in [-0.25, -0.2) is 14.4 Å². The first kappa shape index (κ1) is 23.3. The average Bonchev–Trinajstić information content (AvgIpc) is 2.92. The van der Waals surface area contributed by atoms with Crippen LogP contribution in [0.15, 0.2) is 18.2 Å². The highest BCUT2D eigenvalue weighted by molar-refractivity contribution is 6.08. The van der Waals surface area contributed by atoms with Gasteiger partial charge < -0.3 is 24.8 Å². The van der Waals surface area contributed by atoms with Crippen molar-refractivity contribution in [3.05, 3.63) is 29.3 Å². The zero-order valence-corrected chi connectivity index (χ0v) is 17.3. The maximum absolute atomic E-state index is 12.1. The first-order chi connectivity index (χ1) is 14.5. The molecule has 0 aromatic heterocycles. The fraction of sp³-hybridized carbons (Fsp3) is 0.368. The summed E-state index contributed by atoms with van der Waals surface area (Å²) >= 11 is 0. The monoisotopic (exact) mass is 435 g/mol. The summed E-state index contributed by atoms with van der Waals surface area (Å²) < 4.78 is 14.0. The summed E-state index contributed by atoms with van der Waals surface area (Å²) in [5, 5.41) is 4.78. The number of benzene rings is 1. The molecule has 0 radical (unpaired) electrons. The van der Waals surface area contributed by atoms with Gasteiger partial charge in [-0.15, -0.1) is 0 Å². The Hall–Kier alpha value is -3.96. The Morgan fingerprint density at radius 1 is 1.00 bits per heavy atom. The molecule has 1 aromatic rings. The molecule has 4 amide bonds. The van der Waals surface area contributed by atoms with E-state index in [2.05, 4.69) is 20.1 Å². The summed E-state index contributed by atoms with van der Waals surface area (Å²) in [7, 11) is 2.30. The summed E-state index contributed by atoms with van der Waals surface area (Å²) in [6.07, 6.45) is 0. The number of rotatable bonds is 7. The number of urea groups is 1. The highest BCUT2D eigenvalue weighted by Crippen LogP contribution is 2.18. The Kier molecular flexibility index (Phi) is 6.95. The van der Waals surface area contributed by atoms with Crippen LogP contribution in [0.2, 0.25) is 0 Å². The van der Waals surface area contributed by atoms with Gasteiger partial charge in [-0.3, -0.25) is 19.3 Å². The molecule has 0 aliphatic carbocycles. The van der Waals surface area contributed by atoms with Crippen LogP contribution in [0.4, 0.5) is 10.5 Å². The van der Waals surface area contributed by atoms with E-state index in [4.69, 9.17) is 4.74 Å². The molecule has 1 heterocycles. The first-order valence-corrected chi connectivity index (χ1v) is 8.89. The molecule has 1 saturated heterocycles. The predicted octanol–water partition coefficient (Wildman–Crippen LogP) is 0.0719. The standard InChI is InChI=1S/C19H21N3O9/c1-19(2)17(27)22(18(28)21-19)8-14(24)31-9-13(23)20-12-6-10(15(25)29-3)5-11(7-12)16(26)30-4/h5-7H,8-9H2,1-4H3,(H,20,23)(H,21,28). The lowest BCUT2D eigenvalue weighted by molar-refractivity contribution is -0.150. The maximum atomic E-state index is 12.1. The number of anilines is 1. The summed E-state index contributed by atoms with van der Waals surface area (Å²) in [5.41, 5.74) is -1.12. The van der Waals surface area contributed by atoms with Crippen LogP contribution >= 0.6 is 0 Å². The van der Waals surface area contributed by atoms with Crippen LogP contribution in [0.3, 0.4) is 0 Å². The van der Waals surface area contributed by atoms with Crippen molar-refractivity contribution in [2.24, 2.45) is 0 Å². The van der Waals surface area contributed by atoms with Crippen molar-refractivity contribution < 1.29 is 43.0 Å². The van der Waals surface area contributed by atoms with E-state index in [9.17, 15) is 28.8 Å². The molecule has 1 aromatic carbocycles. The Bertz CT molecular complexity index is 921. The number of methoxy groups -OCH3 is 2. The molecule has 0 bridgehead atoms. The van der Waals surface area contributed by atoms with Crippen LogP contribution < -0.4 is 10.6 Å². The molecule has 2 N–H and O–H groups in total. The van der Waals surface area contributed by atoms with Crippen molar-refractivity contribution in [3.8, 4) is 0 Å². The van der Waals surface area contributed by atoms with Crippen molar-refractivity contribution in [1.82, 2.24) is 10.2 Å². The van der Waals surface area contributed by atoms with Crippen LogP contribution in [0.5, 0.6) is 0 Å². The van der Waals surface area contributed by atoms with Gasteiger partial charge in [0.15, 0.2) is 6.61 Å². The Balaban J connectivity index is 2.00. The van der Waals surface area contributed by atoms with Crippen molar-refractivity contribution in [3.63, 3.8) is 0 Å². The molecule has 12 nitrogen and oxygen atoms in total. The summed E-state index contributed by atoms with van der Waals surface area (Å²) in [6.45, 7) is 1.57. The lowest BCUT2D eigenvalue weighted by Gasteiger charge is -2.15. The van der Waals surface area contributed by atoms with E-state index in [-0.39, 0.29) is 16.8 Å². The molecule has 12 heteroatoms. The van der Waals surface area contributed by atoms with Gasteiger partial charge in [0.1, 0.15) is 12.1 Å². The van der Waals surface area contributed by atoms with Gasteiger partial charge in [0, 0.05) is 5.69 Å². The molecular weight excluding hydrogens is 414 g/mol. The third kappa shape index (κ3) is 5.56. The van der Waals surface area contributed by atoms with E-state index in [1.807, 2.05) is 0 Å². The number of esters is 3. The van der Waals surface area contributed by atoms with E-state index in [1.54, 1.807) is 0 Å². The minimum absolute atomic E-state index is 0.0149. The highest BCUT2D eigenvalue weighted by Gasteiger charge is 2.45. The van der Waals surface area contributed by atoms with Crippen molar-refractivity contribution in [2.75, 3.05) is 32.7 Å². The zero-order chi connectivity index (χ0) is 23.3. The van der Waals surface area contributed by atoms with E-state index in [0.29, 0.717) is 4.90 Å². The molecule has 1 fully saturated rings. The first-order valence-electron chi connectivity index (χ1n) is 8.89. The smallest absolute Gasteiger partial charge is 0.337 e. The molecule has 1 aliphatic heterocycles. The molecule has 0 saturated carbocycles. The Morgan fingerprint density at radius 2 is 1.55 bits per heavy atom. The number of carbonyl (C=O) groups is 6. The number of nitrogens with zero attached hydrogens (tertiary/aromatic N) is 1. The largest absolute Gasteiger partial charge is 0.465 e. The molecule has 0 spiro atoms. The SMILES string of the molecule is COC(=O)c1cc(NC(=O)COC(=O)CN2C(=O)NC(C)(C)C2=O)cc(C(=O)OC)c1. The predicted molar refractivity (Wildman–Crippen MR) is 103 cm³/mol. The van der Waals surface area contributed by atoms with E-state index < -0.39 is 54.4 Å². The van der Waals surface area contributed by atoms with Gasteiger partial charge >= 0.3 is 23.9 Å². The quantitative estimate of drug-likeness (QED) is 0.343. The number of amides is 4. The number of ether oxygens (including phenoxy) is 3. The van der Waals surface area contributed by atoms with Crippen molar-refractivity contribution in [1.29, 1.82) is 0 Å². The summed E-state index contributed by atoms with van der Waals surface area (Å²) in [6, 6.07) is 3.00. The molecule has 31 heavy (non-hydrogen) atoms. The number of hydrogen-bond acceptors (Lipinski definition) is 9. The van der Waals surface area contributed by atoms with Crippen LogP contribution in [0.1, 0.15) is 34.6 Å². The Morgan fingerprint density at radius 3 is 2.00 bits per heavy atom. The maximum Gasteiger partial charge on any atom is 0.337 e. The Labute approximate surface area is 176 Å². The molecule has 0 unspecified atom stereocenters. The molecule has 166 valence electrons. The minimum atomic E-state index is -1.14. The van der Waals surface area contributed by atoms with Crippen LogP contribution in [0.25, 0.3) is 0 Å². The molecular formula is C19H21N3O9. The number of hydrogen-bond donors (Lipinski definition) is 2. The molecule has 0 atom stereocenters. The molecule has 2 rings (SSSR count). The lowest BCUT2D eigenvalue weighted by Crippen LogP contribution is -2.41.